The fraction of sp³-hybridized carbons (Fsp3) is 0.857. The molecular weight excluding hydrogens is 242 g/mol. The first-order valence-corrected chi connectivity index (χ1v) is 7.17. The van der Waals surface area contributed by atoms with Crippen LogP contribution in [-0.4, -0.2) is 48.4 Å². The fourth-order valence-corrected chi connectivity index (χ4v) is 1.71. The van der Waals surface area contributed by atoms with Crippen molar-refractivity contribution < 1.29 is 9.59 Å². The highest BCUT2D eigenvalue weighted by molar-refractivity contribution is 5.84. The second-order valence-corrected chi connectivity index (χ2v) is 5.34. The molecule has 0 rings (SSSR count). The van der Waals surface area contributed by atoms with E-state index in [-0.39, 0.29) is 24.4 Å². The molecule has 0 aromatic rings. The first kappa shape index (κ1) is 17.9. The van der Waals surface area contributed by atoms with Crippen LogP contribution in [0.25, 0.3) is 0 Å². The van der Waals surface area contributed by atoms with Crippen molar-refractivity contribution in [1.29, 1.82) is 0 Å². The van der Waals surface area contributed by atoms with Crippen molar-refractivity contribution in [2.75, 3.05) is 19.6 Å². The van der Waals surface area contributed by atoms with Gasteiger partial charge in [0.05, 0.1) is 6.54 Å². The van der Waals surface area contributed by atoms with Crippen LogP contribution in [0.5, 0.6) is 0 Å². The van der Waals surface area contributed by atoms with Gasteiger partial charge < -0.3 is 15.5 Å². The maximum atomic E-state index is 12.0. The van der Waals surface area contributed by atoms with Gasteiger partial charge in [0, 0.05) is 25.0 Å². The van der Waals surface area contributed by atoms with E-state index in [1.165, 1.54) is 0 Å². The average Bonchev–Trinajstić information content (AvgIpc) is 2.30. The number of rotatable bonds is 9. The van der Waals surface area contributed by atoms with Crippen molar-refractivity contribution in [3.05, 3.63) is 0 Å². The lowest BCUT2D eigenvalue weighted by atomic mass is 10.2. The summed E-state index contributed by atoms with van der Waals surface area (Å²) in [5.41, 5.74) is 0. The number of hydrogen-bond donors (Lipinski definition) is 2. The van der Waals surface area contributed by atoms with Crippen LogP contribution in [0.3, 0.4) is 0 Å². The molecule has 0 aliphatic carbocycles. The van der Waals surface area contributed by atoms with E-state index in [1.54, 1.807) is 4.90 Å². The van der Waals surface area contributed by atoms with Crippen molar-refractivity contribution in [2.24, 2.45) is 0 Å². The molecule has 0 aliphatic heterocycles. The van der Waals surface area contributed by atoms with Crippen molar-refractivity contribution in [2.45, 2.75) is 59.5 Å². The molecule has 112 valence electrons. The minimum atomic E-state index is -0.0921. The van der Waals surface area contributed by atoms with Gasteiger partial charge in [0.15, 0.2) is 0 Å². The summed E-state index contributed by atoms with van der Waals surface area (Å²) in [5, 5.41) is 6.07. The fourth-order valence-electron chi connectivity index (χ4n) is 1.71. The Morgan fingerprint density at radius 1 is 1.11 bits per heavy atom. The number of nitrogens with zero attached hydrogens (tertiary/aromatic N) is 1. The molecule has 0 spiro atoms. The Hall–Kier alpha value is -1.10. The first-order chi connectivity index (χ1) is 8.86. The van der Waals surface area contributed by atoms with Crippen LogP contribution in [0.15, 0.2) is 0 Å². The Bertz CT molecular complexity index is 278. The van der Waals surface area contributed by atoms with E-state index in [0.717, 1.165) is 13.0 Å². The molecule has 5 nitrogen and oxygen atoms in total. The SMILES string of the molecule is CCN(CC(=O)NC(C)C)C(=O)CCCNC(C)C. The third-order valence-corrected chi connectivity index (χ3v) is 2.64. The van der Waals surface area contributed by atoms with Gasteiger partial charge in [-0.05, 0) is 33.7 Å². The summed E-state index contributed by atoms with van der Waals surface area (Å²) in [6, 6.07) is 0.547. The molecule has 19 heavy (non-hydrogen) atoms. The second-order valence-electron chi connectivity index (χ2n) is 5.34. The van der Waals surface area contributed by atoms with Crippen LogP contribution >= 0.6 is 0 Å². The van der Waals surface area contributed by atoms with Gasteiger partial charge in [-0.2, -0.15) is 0 Å². The van der Waals surface area contributed by atoms with Crippen LogP contribution in [0, 0.1) is 0 Å². The molecule has 0 saturated carbocycles. The maximum Gasteiger partial charge on any atom is 0.239 e. The van der Waals surface area contributed by atoms with Gasteiger partial charge in [0.25, 0.3) is 0 Å². The molecule has 0 radical (unpaired) electrons. The lowest BCUT2D eigenvalue weighted by molar-refractivity contribution is -0.136. The van der Waals surface area contributed by atoms with E-state index in [9.17, 15) is 9.59 Å². The molecular formula is C14H29N3O2. The van der Waals surface area contributed by atoms with Gasteiger partial charge in [0.2, 0.25) is 11.8 Å². The molecule has 0 fully saturated rings. The zero-order chi connectivity index (χ0) is 14.8. The molecule has 2 N–H and O–H groups in total. The lowest BCUT2D eigenvalue weighted by Crippen LogP contribution is -2.42. The summed E-state index contributed by atoms with van der Waals surface area (Å²) >= 11 is 0. The summed E-state index contributed by atoms with van der Waals surface area (Å²) in [7, 11) is 0. The van der Waals surface area contributed by atoms with Crippen molar-refractivity contribution >= 4 is 11.8 Å². The molecule has 0 aromatic heterocycles. The molecule has 0 aliphatic rings. The zero-order valence-electron chi connectivity index (χ0n) is 13.0. The van der Waals surface area contributed by atoms with Crippen LogP contribution < -0.4 is 10.6 Å². The predicted octanol–water partition coefficient (Wildman–Crippen LogP) is 1.14. The minimum Gasteiger partial charge on any atom is -0.352 e. The third-order valence-electron chi connectivity index (χ3n) is 2.64. The maximum absolute atomic E-state index is 12.0. The molecule has 0 heterocycles. The smallest absolute Gasteiger partial charge is 0.239 e. The predicted molar refractivity (Wildman–Crippen MR) is 77.9 cm³/mol. The Morgan fingerprint density at radius 2 is 1.74 bits per heavy atom. The lowest BCUT2D eigenvalue weighted by Gasteiger charge is -2.21. The zero-order valence-corrected chi connectivity index (χ0v) is 13.0. The van der Waals surface area contributed by atoms with Crippen LogP contribution in [0.1, 0.15) is 47.5 Å². The number of amides is 2. The monoisotopic (exact) mass is 271 g/mol. The molecule has 0 saturated heterocycles. The minimum absolute atomic E-state index is 0.0481. The van der Waals surface area contributed by atoms with Crippen molar-refractivity contribution in [3.63, 3.8) is 0 Å². The summed E-state index contributed by atoms with van der Waals surface area (Å²) in [5.74, 6) is -0.0440. The van der Waals surface area contributed by atoms with Gasteiger partial charge >= 0.3 is 0 Å². The second kappa shape index (κ2) is 9.78. The largest absolute Gasteiger partial charge is 0.352 e. The highest BCUT2D eigenvalue weighted by atomic mass is 16.2. The molecule has 0 unspecified atom stereocenters. The molecule has 0 bridgehead atoms. The summed E-state index contributed by atoms with van der Waals surface area (Å²) in [6.07, 6.45) is 1.29. The van der Waals surface area contributed by atoms with Crippen LogP contribution in [0.2, 0.25) is 0 Å². The van der Waals surface area contributed by atoms with Gasteiger partial charge in [0.1, 0.15) is 0 Å². The number of hydrogen-bond acceptors (Lipinski definition) is 3. The van der Waals surface area contributed by atoms with E-state index in [2.05, 4.69) is 24.5 Å². The standard InChI is InChI=1S/C14H29N3O2/c1-6-17(10-13(18)16-12(4)5)14(19)8-7-9-15-11(2)3/h11-12,15H,6-10H2,1-5H3,(H,16,18). The Balaban J connectivity index is 4.00. The van der Waals surface area contributed by atoms with E-state index >= 15 is 0 Å². The average molecular weight is 271 g/mol. The highest BCUT2D eigenvalue weighted by Crippen LogP contribution is 1.98. The van der Waals surface area contributed by atoms with Crippen molar-refractivity contribution in [3.8, 4) is 0 Å². The quantitative estimate of drug-likeness (QED) is 0.618. The number of nitrogens with one attached hydrogen (secondary N) is 2. The Labute approximate surface area is 117 Å². The van der Waals surface area contributed by atoms with E-state index in [0.29, 0.717) is 19.0 Å². The molecule has 0 aromatic carbocycles. The van der Waals surface area contributed by atoms with Crippen LogP contribution in [-0.2, 0) is 9.59 Å². The van der Waals surface area contributed by atoms with E-state index < -0.39 is 0 Å². The molecule has 0 atom stereocenters. The summed E-state index contributed by atoms with van der Waals surface area (Å²) < 4.78 is 0. The van der Waals surface area contributed by atoms with E-state index in [1.807, 2.05) is 20.8 Å². The number of carbonyl (C=O) groups is 2. The van der Waals surface area contributed by atoms with Gasteiger partial charge in [-0.3, -0.25) is 9.59 Å². The van der Waals surface area contributed by atoms with Crippen molar-refractivity contribution in [1.82, 2.24) is 15.5 Å². The molecule has 5 heteroatoms. The van der Waals surface area contributed by atoms with Gasteiger partial charge in [-0.25, -0.2) is 0 Å². The first-order valence-electron chi connectivity index (χ1n) is 7.17. The molecule has 2 amide bonds. The Kier molecular flexibility index (Phi) is 9.21. The summed E-state index contributed by atoms with van der Waals surface area (Å²) in [6.45, 7) is 11.4. The van der Waals surface area contributed by atoms with Crippen LogP contribution in [0.4, 0.5) is 0 Å². The Morgan fingerprint density at radius 3 is 2.21 bits per heavy atom. The van der Waals surface area contributed by atoms with Gasteiger partial charge in [-0.15, -0.1) is 0 Å². The number of likely N-dealkylation sites (N-methyl/N-ethyl adjacent to an activating group) is 1. The topological polar surface area (TPSA) is 61.4 Å². The summed E-state index contributed by atoms with van der Waals surface area (Å²) in [4.78, 5) is 25.2. The van der Waals surface area contributed by atoms with Gasteiger partial charge in [-0.1, -0.05) is 13.8 Å². The third kappa shape index (κ3) is 9.47. The highest BCUT2D eigenvalue weighted by Gasteiger charge is 2.15. The van der Waals surface area contributed by atoms with E-state index in [4.69, 9.17) is 0 Å². The normalized spacial score (nSPS) is 10.9. The number of carbonyl (C=O) groups excluding carboxylic acids is 2.